The Balaban J connectivity index is 2.17. The third-order valence-electron chi connectivity index (χ3n) is 2.63. The Hall–Kier alpha value is -1.46. The number of aryl methyl sites for hydroxylation is 2. The minimum absolute atomic E-state index is 0.254. The molecule has 1 heterocycles. The zero-order valence-corrected chi connectivity index (χ0v) is 11.0. The summed E-state index contributed by atoms with van der Waals surface area (Å²) >= 11 is 7.08. The van der Waals surface area contributed by atoms with E-state index in [1.54, 1.807) is 12.1 Å². The number of nitrogens with zero attached hydrogens (tertiary/aromatic N) is 1. The third-order valence-corrected chi connectivity index (χ3v) is 3.64. The number of hydrogen-bond acceptors (Lipinski definition) is 4. The second-order valence-electron chi connectivity index (χ2n) is 3.79. The van der Waals surface area contributed by atoms with Gasteiger partial charge in [-0.3, -0.25) is 0 Å². The third kappa shape index (κ3) is 2.68. The Morgan fingerprint density at radius 3 is 2.83 bits per heavy atom. The first kappa shape index (κ1) is 13.0. The van der Waals surface area contributed by atoms with Gasteiger partial charge in [-0.1, -0.05) is 22.9 Å². The lowest BCUT2D eigenvalue weighted by Gasteiger charge is -2.07. The van der Waals surface area contributed by atoms with Crippen molar-refractivity contribution in [1.29, 1.82) is 5.41 Å². The van der Waals surface area contributed by atoms with Crippen LogP contribution in [0.2, 0.25) is 5.02 Å². The molecule has 94 valence electrons. The van der Waals surface area contributed by atoms with Crippen LogP contribution in [0.1, 0.15) is 16.8 Å². The molecule has 0 saturated heterocycles. The van der Waals surface area contributed by atoms with E-state index in [4.69, 9.17) is 22.7 Å². The molecule has 3 nitrogen and oxygen atoms in total. The lowest BCUT2D eigenvalue weighted by atomic mass is 10.0. The summed E-state index contributed by atoms with van der Waals surface area (Å²) in [7, 11) is 0. The van der Waals surface area contributed by atoms with E-state index in [9.17, 15) is 4.39 Å². The molecular formula is C12H11ClFN3S. The summed E-state index contributed by atoms with van der Waals surface area (Å²) in [5.74, 6) is 0. The van der Waals surface area contributed by atoms with Crippen LogP contribution in [0.3, 0.4) is 0 Å². The second-order valence-corrected chi connectivity index (χ2v) is 5.00. The molecule has 2 aromatic rings. The number of nitrogen functional groups attached to an aromatic ring is 1. The summed E-state index contributed by atoms with van der Waals surface area (Å²) in [4.78, 5) is 3.95. The summed E-state index contributed by atoms with van der Waals surface area (Å²) in [6.45, 7) is 0. The molecule has 0 fully saturated rings. The van der Waals surface area contributed by atoms with Crippen LogP contribution in [0, 0.1) is 10.5 Å². The topological polar surface area (TPSA) is 62.8 Å². The SMILES string of the molecule is N=Cc1cc(Cl)c(CCc2ncsc2F)cc1N. The molecule has 0 saturated carbocycles. The summed E-state index contributed by atoms with van der Waals surface area (Å²) in [5.41, 5.74) is 9.65. The Bertz CT molecular complexity index is 583. The van der Waals surface area contributed by atoms with E-state index < -0.39 is 0 Å². The fourth-order valence-corrected chi connectivity index (χ4v) is 2.47. The molecule has 0 atom stereocenters. The molecule has 0 spiro atoms. The van der Waals surface area contributed by atoms with Crippen LogP contribution in [0.4, 0.5) is 10.1 Å². The predicted molar refractivity (Wildman–Crippen MR) is 73.2 cm³/mol. The number of aromatic nitrogens is 1. The van der Waals surface area contributed by atoms with Crippen molar-refractivity contribution < 1.29 is 4.39 Å². The summed E-state index contributed by atoms with van der Waals surface area (Å²) in [6.07, 6.45) is 2.21. The van der Waals surface area contributed by atoms with Crippen molar-refractivity contribution in [3.63, 3.8) is 0 Å². The number of anilines is 1. The number of benzene rings is 1. The Labute approximate surface area is 113 Å². The van der Waals surface area contributed by atoms with Crippen LogP contribution >= 0.6 is 22.9 Å². The predicted octanol–water partition coefficient (Wildman–Crippen LogP) is 3.30. The number of nitrogens with one attached hydrogen (secondary N) is 1. The standard InChI is InChI=1S/C12H11ClFN3S/c13-9-3-8(5-15)10(16)4-7(9)1-2-11-12(14)18-6-17-11/h3-6,15H,1-2,16H2. The molecule has 0 aliphatic carbocycles. The smallest absolute Gasteiger partial charge is 0.199 e. The highest BCUT2D eigenvalue weighted by molar-refractivity contribution is 7.08. The highest BCUT2D eigenvalue weighted by Gasteiger charge is 2.09. The molecule has 18 heavy (non-hydrogen) atoms. The van der Waals surface area contributed by atoms with E-state index in [1.807, 2.05) is 0 Å². The molecule has 1 aromatic carbocycles. The molecule has 3 N–H and O–H groups in total. The van der Waals surface area contributed by atoms with Gasteiger partial charge < -0.3 is 11.1 Å². The van der Waals surface area contributed by atoms with Gasteiger partial charge in [-0.05, 0) is 30.5 Å². The zero-order valence-electron chi connectivity index (χ0n) is 9.41. The van der Waals surface area contributed by atoms with Gasteiger partial charge in [0.05, 0.1) is 11.2 Å². The second kappa shape index (κ2) is 5.46. The van der Waals surface area contributed by atoms with Crippen LogP contribution < -0.4 is 5.73 Å². The highest BCUT2D eigenvalue weighted by Crippen LogP contribution is 2.24. The van der Waals surface area contributed by atoms with Gasteiger partial charge in [-0.25, -0.2) is 4.98 Å². The van der Waals surface area contributed by atoms with Gasteiger partial charge >= 0.3 is 0 Å². The normalized spacial score (nSPS) is 10.6. The van der Waals surface area contributed by atoms with Gasteiger partial charge in [-0.15, -0.1) is 0 Å². The fraction of sp³-hybridized carbons (Fsp3) is 0.167. The summed E-state index contributed by atoms with van der Waals surface area (Å²) < 4.78 is 13.2. The first-order valence-corrected chi connectivity index (χ1v) is 6.54. The van der Waals surface area contributed by atoms with Gasteiger partial charge in [0.15, 0.2) is 5.13 Å². The van der Waals surface area contributed by atoms with Crippen molar-refractivity contribution in [3.8, 4) is 0 Å². The summed E-state index contributed by atoms with van der Waals surface area (Å²) in [6, 6.07) is 3.38. The van der Waals surface area contributed by atoms with E-state index in [0.29, 0.717) is 34.8 Å². The quantitative estimate of drug-likeness (QED) is 0.668. The molecule has 0 amide bonds. The lowest BCUT2D eigenvalue weighted by molar-refractivity contribution is 0.630. The van der Waals surface area contributed by atoms with Crippen LogP contribution in [-0.2, 0) is 12.8 Å². The summed E-state index contributed by atoms with van der Waals surface area (Å²) in [5, 5.41) is 7.46. The molecule has 0 radical (unpaired) electrons. The first-order chi connectivity index (χ1) is 8.61. The van der Waals surface area contributed by atoms with Crippen molar-refractivity contribution in [2.75, 3.05) is 5.73 Å². The molecule has 2 rings (SSSR count). The van der Waals surface area contributed by atoms with E-state index in [2.05, 4.69) is 4.98 Å². The van der Waals surface area contributed by atoms with Crippen LogP contribution in [-0.4, -0.2) is 11.2 Å². The maximum atomic E-state index is 13.2. The zero-order chi connectivity index (χ0) is 13.1. The maximum Gasteiger partial charge on any atom is 0.199 e. The molecular weight excluding hydrogens is 273 g/mol. The van der Waals surface area contributed by atoms with E-state index in [1.165, 1.54) is 5.51 Å². The van der Waals surface area contributed by atoms with E-state index >= 15 is 0 Å². The van der Waals surface area contributed by atoms with Crippen molar-refractivity contribution >= 4 is 34.8 Å². The molecule has 0 aliphatic rings. The molecule has 0 unspecified atom stereocenters. The van der Waals surface area contributed by atoms with Crippen molar-refractivity contribution in [3.05, 3.63) is 44.6 Å². The van der Waals surface area contributed by atoms with Crippen LogP contribution in [0.15, 0.2) is 17.6 Å². The average molecular weight is 284 g/mol. The molecule has 6 heteroatoms. The van der Waals surface area contributed by atoms with Crippen LogP contribution in [0.5, 0.6) is 0 Å². The van der Waals surface area contributed by atoms with Gasteiger partial charge in [-0.2, -0.15) is 4.39 Å². The molecule has 0 aliphatic heterocycles. The number of thiazole rings is 1. The van der Waals surface area contributed by atoms with Gasteiger partial charge in [0.1, 0.15) is 0 Å². The van der Waals surface area contributed by atoms with Gasteiger partial charge in [0, 0.05) is 22.5 Å². The van der Waals surface area contributed by atoms with Crippen molar-refractivity contribution in [2.45, 2.75) is 12.8 Å². The Kier molecular flexibility index (Phi) is 3.93. The minimum Gasteiger partial charge on any atom is -0.398 e. The van der Waals surface area contributed by atoms with Crippen molar-refractivity contribution in [2.24, 2.45) is 0 Å². The van der Waals surface area contributed by atoms with E-state index in [0.717, 1.165) is 23.1 Å². The molecule has 0 bridgehead atoms. The highest BCUT2D eigenvalue weighted by atomic mass is 35.5. The first-order valence-electron chi connectivity index (χ1n) is 5.28. The van der Waals surface area contributed by atoms with E-state index in [-0.39, 0.29) is 5.13 Å². The Morgan fingerprint density at radius 1 is 1.44 bits per heavy atom. The molecule has 1 aromatic heterocycles. The van der Waals surface area contributed by atoms with Crippen LogP contribution in [0.25, 0.3) is 0 Å². The average Bonchev–Trinajstić information content (AvgIpc) is 2.75. The maximum absolute atomic E-state index is 13.2. The largest absolute Gasteiger partial charge is 0.398 e. The monoisotopic (exact) mass is 283 g/mol. The number of rotatable bonds is 4. The minimum atomic E-state index is -0.254. The van der Waals surface area contributed by atoms with Gasteiger partial charge in [0.25, 0.3) is 0 Å². The van der Waals surface area contributed by atoms with Crippen molar-refractivity contribution in [1.82, 2.24) is 4.98 Å². The fourth-order valence-electron chi connectivity index (χ4n) is 1.64. The number of hydrogen-bond donors (Lipinski definition) is 2. The Morgan fingerprint density at radius 2 is 2.22 bits per heavy atom. The number of nitrogens with two attached hydrogens (primary N) is 1. The number of halogens is 2. The van der Waals surface area contributed by atoms with Gasteiger partial charge in [0.2, 0.25) is 0 Å². The lowest BCUT2D eigenvalue weighted by Crippen LogP contribution is -1.99.